The van der Waals surface area contributed by atoms with Crippen molar-refractivity contribution in [2.24, 2.45) is 0 Å². The summed E-state index contributed by atoms with van der Waals surface area (Å²) in [4.78, 5) is 0. The van der Waals surface area contributed by atoms with Crippen LogP contribution in [0, 0.1) is 0 Å². The third-order valence-corrected chi connectivity index (χ3v) is 24.2. The van der Waals surface area contributed by atoms with E-state index in [0.717, 1.165) is 28.4 Å². The van der Waals surface area contributed by atoms with Crippen molar-refractivity contribution in [3.8, 4) is 22.6 Å². The number of rotatable bonds is 20. The predicted octanol–water partition coefficient (Wildman–Crippen LogP) is 13.4. The number of benzene rings is 2. The second kappa shape index (κ2) is 26.0. The Morgan fingerprint density at radius 2 is 1.02 bits per heavy atom. The lowest BCUT2D eigenvalue weighted by molar-refractivity contribution is -0.0654. The van der Waals surface area contributed by atoms with E-state index in [1.807, 2.05) is 27.7 Å². The lowest BCUT2D eigenvalue weighted by Gasteiger charge is -2.39. The van der Waals surface area contributed by atoms with Crippen LogP contribution in [0.1, 0.15) is 120 Å². The molecule has 2 aromatic rings. The summed E-state index contributed by atoms with van der Waals surface area (Å²) in [6.07, 6.45) is 14.4. The smallest absolute Gasteiger partial charge is 0.249 e. The lowest BCUT2D eigenvalue weighted by atomic mass is 9.99. The first-order valence-electron chi connectivity index (χ1n) is 21.2. The summed E-state index contributed by atoms with van der Waals surface area (Å²) < 4.78 is 47.2. The van der Waals surface area contributed by atoms with Crippen LogP contribution < -0.4 is 14.8 Å². The van der Waals surface area contributed by atoms with E-state index in [1.165, 1.54) is 92.5 Å². The highest BCUT2D eigenvalue weighted by atomic mass is 32.9. The van der Waals surface area contributed by atoms with Gasteiger partial charge in [-0.3, -0.25) is 0 Å². The molecule has 15 heteroatoms. The summed E-state index contributed by atoms with van der Waals surface area (Å²) in [6, 6.07) is 15.6. The molecule has 1 aliphatic heterocycles. The minimum Gasteiger partial charge on any atom is -0.490 e. The van der Waals surface area contributed by atoms with Gasteiger partial charge < -0.3 is 37.0 Å². The van der Waals surface area contributed by atoms with Gasteiger partial charge in [0.25, 0.3) is 0 Å². The maximum absolute atomic E-state index is 6.37. The Morgan fingerprint density at radius 3 is 1.40 bits per heavy atom. The molecule has 0 bridgehead atoms. The molecule has 8 nitrogen and oxygen atoms in total. The van der Waals surface area contributed by atoms with Crippen molar-refractivity contribution >= 4 is 71.0 Å². The zero-order valence-corrected chi connectivity index (χ0v) is 41.5. The first-order valence-corrected chi connectivity index (χ1v) is 30.9. The third kappa shape index (κ3) is 15.8. The molecule has 0 N–H and O–H groups in total. The van der Waals surface area contributed by atoms with Crippen molar-refractivity contribution in [3.63, 3.8) is 0 Å². The Morgan fingerprint density at radius 1 is 0.614 bits per heavy atom. The second-order valence-corrected chi connectivity index (χ2v) is 30.1. The molecule has 2 aliphatic carbocycles. The van der Waals surface area contributed by atoms with E-state index >= 15 is 0 Å². The minimum absolute atomic E-state index is 0.128. The molecule has 1 saturated heterocycles. The molecule has 0 amide bonds. The molecule has 2 saturated carbocycles. The molecule has 3 aliphatic rings. The highest BCUT2D eigenvalue weighted by molar-refractivity contribution is 8.69. The highest BCUT2D eigenvalue weighted by Crippen LogP contribution is 2.68. The molecule has 2 aromatic carbocycles. The molecule has 57 heavy (non-hydrogen) atoms. The minimum atomic E-state index is -2.49. The summed E-state index contributed by atoms with van der Waals surface area (Å²) in [7, 11) is -0.213. The number of ether oxygens (including phenoxy) is 4. The molecule has 0 spiro atoms. The van der Waals surface area contributed by atoms with Crippen molar-refractivity contribution in [3.05, 3.63) is 42.5 Å². The second-order valence-electron chi connectivity index (χ2n) is 14.7. The summed E-state index contributed by atoms with van der Waals surface area (Å²) in [6.45, 7) is 19.0. The van der Waals surface area contributed by atoms with E-state index < -0.39 is 11.4 Å². The Kier molecular flexibility index (Phi) is 22.7. The van der Waals surface area contributed by atoms with Gasteiger partial charge in [0.2, 0.25) is 11.4 Å². The predicted molar refractivity (Wildman–Crippen MR) is 253 cm³/mol. The maximum atomic E-state index is 6.37. The van der Waals surface area contributed by atoms with E-state index in [2.05, 4.69) is 70.2 Å². The third-order valence-electron chi connectivity index (χ3n) is 9.59. The first kappa shape index (κ1) is 49.9. The summed E-state index contributed by atoms with van der Waals surface area (Å²) in [5.41, 5.74) is -1.41. The van der Waals surface area contributed by atoms with Crippen molar-refractivity contribution in [2.45, 2.75) is 154 Å². The van der Waals surface area contributed by atoms with Gasteiger partial charge in [0, 0.05) is 0 Å². The van der Waals surface area contributed by atoms with Gasteiger partial charge in [0.15, 0.2) is 0 Å². The van der Waals surface area contributed by atoms with Crippen molar-refractivity contribution in [1.29, 1.82) is 0 Å². The molecule has 0 aromatic heterocycles. The Labute approximate surface area is 364 Å². The van der Waals surface area contributed by atoms with Crippen LogP contribution in [-0.4, -0.2) is 74.0 Å². The van der Waals surface area contributed by atoms with Crippen molar-refractivity contribution in [2.75, 3.05) is 39.6 Å². The molecular formula is C42H69O8P3S4. The zero-order chi connectivity index (χ0) is 41.3. The fourth-order valence-corrected chi connectivity index (χ4v) is 22.5. The quantitative estimate of drug-likeness (QED) is 0.119. The normalized spacial score (nSPS) is 20.1. The monoisotopic (exact) mass is 922 g/mol. The Bertz CT molecular complexity index is 1450. The Balaban J connectivity index is 0.000000267. The first-order chi connectivity index (χ1) is 27.5. The van der Waals surface area contributed by atoms with E-state index in [-0.39, 0.29) is 31.0 Å². The SMILES string of the molecule is CC(C)Oc1cccc(OC(C)C)c1-c1ccccc1P(C1CCCCC1)C1CCCCC1.CCOP(=S)(OCC)SC1OCCOC1SP(=S)(OCC)OCC. The Hall–Kier alpha value is 0.230. The average Bonchev–Trinajstić information content (AvgIpc) is 3.17. The van der Waals surface area contributed by atoms with Crippen LogP contribution in [0.4, 0.5) is 0 Å². The van der Waals surface area contributed by atoms with E-state index in [9.17, 15) is 0 Å². The van der Waals surface area contributed by atoms with Gasteiger partial charge in [-0.2, -0.15) is 0 Å². The molecule has 324 valence electrons. The largest absolute Gasteiger partial charge is 0.490 e. The van der Waals surface area contributed by atoms with E-state index in [0.29, 0.717) is 39.6 Å². The molecule has 5 rings (SSSR count). The average molecular weight is 923 g/mol. The van der Waals surface area contributed by atoms with Crippen molar-refractivity contribution in [1.82, 2.24) is 0 Å². The van der Waals surface area contributed by atoms with Gasteiger partial charge in [-0.25, -0.2) is 0 Å². The van der Waals surface area contributed by atoms with Crippen LogP contribution in [0.3, 0.4) is 0 Å². The molecule has 3 fully saturated rings. The van der Waals surface area contributed by atoms with Gasteiger partial charge in [0.1, 0.15) is 22.4 Å². The van der Waals surface area contributed by atoms with Gasteiger partial charge >= 0.3 is 0 Å². The van der Waals surface area contributed by atoms with Gasteiger partial charge in [0.05, 0.1) is 57.4 Å². The van der Waals surface area contributed by atoms with Gasteiger partial charge in [-0.05, 0) is 162 Å². The molecule has 2 atom stereocenters. The van der Waals surface area contributed by atoms with Gasteiger partial charge in [-0.15, -0.1) is 0 Å². The van der Waals surface area contributed by atoms with E-state index in [1.54, 1.807) is 5.30 Å². The summed E-state index contributed by atoms with van der Waals surface area (Å²) >= 11 is 13.9. The fraction of sp³-hybridized carbons (Fsp3) is 0.714. The fourth-order valence-electron chi connectivity index (χ4n) is 7.53. The maximum Gasteiger partial charge on any atom is 0.249 e. The summed E-state index contributed by atoms with van der Waals surface area (Å²) in [5, 5.41) is 1.60. The molecule has 2 unspecified atom stereocenters. The highest BCUT2D eigenvalue weighted by Gasteiger charge is 2.39. The zero-order valence-electron chi connectivity index (χ0n) is 35.6. The van der Waals surface area contributed by atoms with Crippen molar-refractivity contribution < 1.29 is 37.0 Å². The lowest BCUT2D eigenvalue weighted by Crippen LogP contribution is -2.34. The van der Waals surface area contributed by atoms with Crippen LogP contribution in [0.2, 0.25) is 0 Å². The van der Waals surface area contributed by atoms with Crippen LogP contribution in [0.15, 0.2) is 42.5 Å². The molecular weight excluding hydrogens is 854 g/mol. The van der Waals surface area contributed by atoms with Crippen LogP contribution in [0.5, 0.6) is 11.5 Å². The number of hydrogen-bond donors (Lipinski definition) is 0. The van der Waals surface area contributed by atoms with Crippen LogP contribution in [-0.2, 0) is 51.2 Å². The van der Waals surface area contributed by atoms with Crippen LogP contribution in [0.25, 0.3) is 11.1 Å². The standard InChI is InChI=1S/C30H43O2P.C12H26O6P2S4/c1-22(2)31-27-19-13-20-28(32-23(3)4)30(27)26-18-11-12-21-29(26)33(24-14-7-5-8-15-24)25-16-9-6-10-17-25;1-5-15-19(21,16-6-2)23-11-12(14-10-9-13-11)24-20(22,17-7-3)18-8-4/h11-13,18-25H,5-10,14-17H2,1-4H3;11-12H,5-10H2,1-4H3. The topological polar surface area (TPSA) is 73.8 Å². The molecule has 0 radical (unpaired) electrons. The van der Waals surface area contributed by atoms with Gasteiger partial charge in [-0.1, -0.05) is 76.8 Å². The van der Waals surface area contributed by atoms with Crippen LogP contribution >= 0.6 is 42.1 Å². The molecule has 1 heterocycles. The van der Waals surface area contributed by atoms with E-state index in [4.69, 9.17) is 60.7 Å². The number of hydrogen-bond acceptors (Lipinski definition) is 12. The summed E-state index contributed by atoms with van der Waals surface area (Å²) in [5.74, 6) is 1.91.